The first-order chi connectivity index (χ1) is 11.7. The second-order valence-corrected chi connectivity index (χ2v) is 5.73. The molecule has 7 heteroatoms. The van der Waals surface area contributed by atoms with Gasteiger partial charge in [-0.2, -0.15) is 0 Å². The van der Waals surface area contributed by atoms with Crippen molar-refractivity contribution < 1.29 is 9.59 Å². The van der Waals surface area contributed by atoms with Crippen molar-refractivity contribution in [3.05, 3.63) is 65.8 Å². The molecule has 0 aliphatic heterocycles. The normalized spacial score (nSPS) is 10.2. The zero-order valence-corrected chi connectivity index (χ0v) is 13.4. The molecule has 0 aliphatic carbocycles. The fraction of sp³-hybridized carbons (Fsp3) is 0.0588. The molecule has 2 heterocycles. The van der Waals surface area contributed by atoms with Gasteiger partial charge in [-0.25, -0.2) is 4.98 Å². The first-order valence-electron chi connectivity index (χ1n) is 7.21. The maximum atomic E-state index is 11.9. The lowest BCUT2D eigenvalue weighted by Crippen LogP contribution is -2.32. The maximum absolute atomic E-state index is 11.9. The van der Waals surface area contributed by atoms with Crippen LogP contribution in [0.2, 0.25) is 0 Å². The molecule has 6 nitrogen and oxygen atoms in total. The SMILES string of the molecule is O=C(CNC(=O)c1ccccc1)Nc1nc(-c2cccnc2)cs1. The minimum atomic E-state index is -0.327. The van der Waals surface area contributed by atoms with Crippen LogP contribution in [0.3, 0.4) is 0 Å². The van der Waals surface area contributed by atoms with E-state index in [1.54, 1.807) is 36.7 Å². The standard InChI is InChI=1S/C17H14N4O2S/c22-15(10-19-16(23)12-5-2-1-3-6-12)21-17-20-14(11-24-17)13-7-4-8-18-9-13/h1-9,11H,10H2,(H,19,23)(H,20,21,22). The highest BCUT2D eigenvalue weighted by atomic mass is 32.1. The lowest BCUT2D eigenvalue weighted by atomic mass is 10.2. The van der Waals surface area contributed by atoms with Gasteiger partial charge in [0, 0.05) is 28.9 Å². The second kappa shape index (κ2) is 7.47. The highest BCUT2D eigenvalue weighted by Gasteiger charge is 2.10. The molecule has 2 N–H and O–H groups in total. The van der Waals surface area contributed by atoms with Crippen LogP contribution in [0.5, 0.6) is 0 Å². The Morgan fingerprint density at radius 2 is 1.92 bits per heavy atom. The molecule has 0 bridgehead atoms. The monoisotopic (exact) mass is 338 g/mol. The van der Waals surface area contributed by atoms with Crippen LogP contribution in [0.25, 0.3) is 11.3 Å². The van der Waals surface area contributed by atoms with E-state index in [1.165, 1.54) is 11.3 Å². The zero-order chi connectivity index (χ0) is 16.8. The average molecular weight is 338 g/mol. The minimum Gasteiger partial charge on any atom is -0.343 e. The molecule has 3 aromatic rings. The van der Waals surface area contributed by atoms with Gasteiger partial charge in [-0.1, -0.05) is 18.2 Å². The number of benzene rings is 1. The predicted molar refractivity (Wildman–Crippen MR) is 92.7 cm³/mol. The lowest BCUT2D eigenvalue weighted by molar-refractivity contribution is -0.115. The summed E-state index contributed by atoms with van der Waals surface area (Å²) in [6, 6.07) is 12.5. The van der Waals surface area contributed by atoms with Crippen LogP contribution in [0.1, 0.15) is 10.4 Å². The number of nitrogens with one attached hydrogen (secondary N) is 2. The van der Waals surface area contributed by atoms with Crippen molar-refractivity contribution in [1.29, 1.82) is 0 Å². The Balaban J connectivity index is 1.54. The molecule has 2 amide bonds. The summed E-state index contributed by atoms with van der Waals surface area (Å²) in [7, 11) is 0. The molecule has 24 heavy (non-hydrogen) atoms. The molecule has 0 fully saturated rings. The van der Waals surface area contributed by atoms with Gasteiger partial charge in [0.05, 0.1) is 12.2 Å². The number of nitrogens with zero attached hydrogens (tertiary/aromatic N) is 2. The molecular formula is C17H14N4O2S. The number of aromatic nitrogens is 2. The Bertz CT molecular complexity index is 834. The van der Waals surface area contributed by atoms with Gasteiger partial charge in [-0.05, 0) is 24.3 Å². The van der Waals surface area contributed by atoms with Crippen LogP contribution in [0, 0.1) is 0 Å². The molecular weight excluding hydrogens is 324 g/mol. The smallest absolute Gasteiger partial charge is 0.251 e. The quantitative estimate of drug-likeness (QED) is 0.749. The summed E-state index contributed by atoms with van der Waals surface area (Å²) in [5, 5.41) is 7.57. The van der Waals surface area contributed by atoms with Crippen LogP contribution >= 0.6 is 11.3 Å². The fourth-order valence-electron chi connectivity index (χ4n) is 1.99. The van der Waals surface area contributed by atoms with Crippen LogP contribution in [0.4, 0.5) is 5.13 Å². The fourth-order valence-corrected chi connectivity index (χ4v) is 2.73. The molecule has 0 spiro atoms. The number of carbonyl (C=O) groups excluding carboxylic acids is 2. The third-order valence-electron chi connectivity index (χ3n) is 3.15. The minimum absolute atomic E-state index is 0.116. The zero-order valence-electron chi connectivity index (χ0n) is 12.6. The van der Waals surface area contributed by atoms with E-state index in [9.17, 15) is 9.59 Å². The number of anilines is 1. The van der Waals surface area contributed by atoms with E-state index in [1.807, 2.05) is 23.6 Å². The van der Waals surface area contributed by atoms with Crippen molar-refractivity contribution in [1.82, 2.24) is 15.3 Å². The molecule has 1 aromatic carbocycles. The summed E-state index contributed by atoms with van der Waals surface area (Å²) < 4.78 is 0. The molecule has 0 atom stereocenters. The number of rotatable bonds is 5. The highest BCUT2D eigenvalue weighted by molar-refractivity contribution is 7.14. The summed E-state index contributed by atoms with van der Waals surface area (Å²) in [4.78, 5) is 32.2. The van der Waals surface area contributed by atoms with Crippen LogP contribution in [-0.4, -0.2) is 28.3 Å². The van der Waals surface area contributed by atoms with Gasteiger partial charge in [-0.15, -0.1) is 11.3 Å². The van der Waals surface area contributed by atoms with E-state index in [2.05, 4.69) is 20.6 Å². The van der Waals surface area contributed by atoms with Crippen molar-refractivity contribution in [3.63, 3.8) is 0 Å². The van der Waals surface area contributed by atoms with E-state index in [4.69, 9.17) is 0 Å². The Labute approximate surface area is 142 Å². The molecule has 0 radical (unpaired) electrons. The van der Waals surface area contributed by atoms with Gasteiger partial charge >= 0.3 is 0 Å². The molecule has 0 aliphatic rings. The Kier molecular flexibility index (Phi) is 4.93. The summed E-state index contributed by atoms with van der Waals surface area (Å²) in [6.45, 7) is -0.116. The van der Waals surface area contributed by atoms with Crippen molar-refractivity contribution in [2.24, 2.45) is 0 Å². The molecule has 3 rings (SSSR count). The van der Waals surface area contributed by atoms with Gasteiger partial charge in [-0.3, -0.25) is 14.6 Å². The molecule has 0 unspecified atom stereocenters. The predicted octanol–water partition coefficient (Wildman–Crippen LogP) is 2.57. The van der Waals surface area contributed by atoms with E-state index < -0.39 is 0 Å². The largest absolute Gasteiger partial charge is 0.343 e. The molecule has 2 aromatic heterocycles. The Morgan fingerprint density at radius 1 is 1.08 bits per heavy atom. The van der Waals surface area contributed by atoms with Crippen LogP contribution in [-0.2, 0) is 4.79 Å². The van der Waals surface area contributed by atoms with E-state index in [-0.39, 0.29) is 18.4 Å². The van der Waals surface area contributed by atoms with Crippen LogP contribution in [0.15, 0.2) is 60.2 Å². The van der Waals surface area contributed by atoms with Crippen molar-refractivity contribution in [2.75, 3.05) is 11.9 Å². The van der Waals surface area contributed by atoms with Crippen molar-refractivity contribution >= 4 is 28.3 Å². The second-order valence-electron chi connectivity index (χ2n) is 4.88. The van der Waals surface area contributed by atoms with E-state index in [0.29, 0.717) is 10.7 Å². The van der Waals surface area contributed by atoms with Gasteiger partial charge in [0.2, 0.25) is 5.91 Å². The third kappa shape index (κ3) is 4.02. The Hall–Kier alpha value is -3.06. The third-order valence-corrected chi connectivity index (χ3v) is 3.91. The number of amides is 2. The average Bonchev–Trinajstić information content (AvgIpc) is 3.09. The van der Waals surface area contributed by atoms with Gasteiger partial charge < -0.3 is 10.6 Å². The van der Waals surface area contributed by atoms with Crippen LogP contribution < -0.4 is 10.6 Å². The van der Waals surface area contributed by atoms with Crippen molar-refractivity contribution in [3.8, 4) is 11.3 Å². The summed E-state index contributed by atoms with van der Waals surface area (Å²) >= 11 is 1.32. The van der Waals surface area contributed by atoms with Gasteiger partial charge in [0.1, 0.15) is 0 Å². The lowest BCUT2D eigenvalue weighted by Gasteiger charge is -2.04. The Morgan fingerprint density at radius 3 is 2.67 bits per heavy atom. The highest BCUT2D eigenvalue weighted by Crippen LogP contribution is 2.23. The number of hydrogen-bond acceptors (Lipinski definition) is 5. The molecule has 0 saturated carbocycles. The van der Waals surface area contributed by atoms with E-state index >= 15 is 0 Å². The number of thiazole rings is 1. The number of pyridine rings is 1. The summed E-state index contributed by atoms with van der Waals surface area (Å²) in [5.41, 5.74) is 2.14. The van der Waals surface area contributed by atoms with Gasteiger partial charge in [0.15, 0.2) is 5.13 Å². The van der Waals surface area contributed by atoms with Crippen molar-refractivity contribution in [2.45, 2.75) is 0 Å². The number of carbonyl (C=O) groups is 2. The summed E-state index contributed by atoms with van der Waals surface area (Å²) in [6.07, 6.45) is 3.40. The number of hydrogen-bond donors (Lipinski definition) is 2. The first kappa shape index (κ1) is 15.8. The maximum Gasteiger partial charge on any atom is 0.251 e. The summed E-state index contributed by atoms with van der Waals surface area (Å²) in [5.74, 6) is -0.618. The van der Waals surface area contributed by atoms with Gasteiger partial charge in [0.25, 0.3) is 5.91 Å². The molecule has 120 valence electrons. The topological polar surface area (TPSA) is 84.0 Å². The van der Waals surface area contributed by atoms with E-state index in [0.717, 1.165) is 11.3 Å². The molecule has 0 saturated heterocycles. The first-order valence-corrected chi connectivity index (χ1v) is 8.09.